The van der Waals surface area contributed by atoms with Crippen LogP contribution in [0.25, 0.3) is 10.1 Å². The van der Waals surface area contributed by atoms with Gasteiger partial charge in [-0.05, 0) is 72.9 Å². The summed E-state index contributed by atoms with van der Waals surface area (Å²) in [4.78, 5) is 32.4. The average Bonchev–Trinajstić information content (AvgIpc) is 3.73. The summed E-state index contributed by atoms with van der Waals surface area (Å²) in [6.45, 7) is 7.01. The van der Waals surface area contributed by atoms with Gasteiger partial charge >= 0.3 is 5.97 Å². The van der Waals surface area contributed by atoms with Crippen LogP contribution in [0, 0.1) is 5.82 Å². The molecule has 0 bridgehead atoms. The molecule has 59 heavy (non-hydrogen) atoms. The molecule has 1 atom stereocenters. The van der Waals surface area contributed by atoms with E-state index < -0.39 is 0 Å². The molecule has 0 N–H and O–H groups in total. The number of anilines is 2. The van der Waals surface area contributed by atoms with Gasteiger partial charge in [0.25, 0.3) is 0 Å². The third-order valence-corrected chi connectivity index (χ3v) is 14.0. The number of unbranched alkanes of at least 4 members (excludes halogenated alkanes) is 19. The predicted molar refractivity (Wildman–Crippen MR) is 249 cm³/mol. The summed E-state index contributed by atoms with van der Waals surface area (Å²) in [6.07, 6.45) is 32.1. The fraction of sp³-hybridized carbons (Fsp3) is 0.686. The first-order valence-corrected chi connectivity index (χ1v) is 25.0. The minimum Gasteiger partial charge on any atom is -0.469 e. The fourth-order valence-electron chi connectivity index (χ4n) is 9.49. The molecule has 1 aromatic heterocycles. The molecule has 0 saturated carbocycles. The summed E-state index contributed by atoms with van der Waals surface area (Å²) in [7, 11) is 1.47. The van der Waals surface area contributed by atoms with E-state index in [4.69, 9.17) is 4.74 Å². The number of ether oxygens (including phenoxy) is 1. The summed E-state index contributed by atoms with van der Waals surface area (Å²) >= 11 is 1.61. The number of rotatable bonds is 30. The van der Waals surface area contributed by atoms with Gasteiger partial charge in [-0.3, -0.25) is 14.5 Å². The first-order valence-electron chi connectivity index (χ1n) is 24.1. The fourth-order valence-corrected chi connectivity index (χ4v) is 10.3. The van der Waals surface area contributed by atoms with Gasteiger partial charge in [-0.2, -0.15) is 0 Å². The Morgan fingerprint density at radius 3 is 1.92 bits per heavy atom. The highest BCUT2D eigenvalue weighted by atomic mass is 32.1. The van der Waals surface area contributed by atoms with Crippen LogP contribution in [0.4, 0.5) is 15.8 Å². The van der Waals surface area contributed by atoms with Gasteiger partial charge in [-0.25, -0.2) is 4.39 Å². The lowest BCUT2D eigenvalue weighted by Gasteiger charge is -2.37. The van der Waals surface area contributed by atoms with Crippen molar-refractivity contribution in [1.29, 1.82) is 0 Å². The largest absolute Gasteiger partial charge is 0.469 e. The van der Waals surface area contributed by atoms with Crippen LogP contribution in [0.5, 0.6) is 0 Å². The zero-order valence-electron chi connectivity index (χ0n) is 37.1. The van der Waals surface area contributed by atoms with Crippen LogP contribution in [0.1, 0.15) is 179 Å². The lowest BCUT2D eigenvalue weighted by molar-refractivity contribution is -0.140. The number of nitrogens with zero attached hydrogens (tertiary/aromatic N) is 3. The number of carbonyl (C=O) groups is 2. The summed E-state index contributed by atoms with van der Waals surface area (Å²) in [6, 6.07) is 12.7. The van der Waals surface area contributed by atoms with Gasteiger partial charge in [0, 0.05) is 73.1 Å². The Hall–Kier alpha value is -2.97. The van der Waals surface area contributed by atoms with Gasteiger partial charge < -0.3 is 14.5 Å². The number of aryl methyl sites for hydroxylation is 1. The molecule has 0 aliphatic carbocycles. The van der Waals surface area contributed by atoms with Gasteiger partial charge in [0.05, 0.1) is 7.11 Å². The summed E-state index contributed by atoms with van der Waals surface area (Å²) in [5.41, 5.74) is 4.85. The lowest BCUT2D eigenvalue weighted by Crippen LogP contribution is -2.47. The highest BCUT2D eigenvalue weighted by molar-refractivity contribution is 7.17. The molecule has 8 heteroatoms. The standard InChI is InChI=1S/C51H78FN3O3S/c1-3-4-5-6-7-8-9-10-11-12-13-15-18-21-24-45(25-22-19-16-14-17-20-23-26-51(57)58-2)55-47-39-42(27-28-43(47)29-30-50(55)56)31-33-53-34-36-54(37-35-53)48-40-44(52)41-49-46(48)32-38-59-49/h27-28,32,38-41,45H,3-26,29-31,33-37H2,1-2H3. The maximum Gasteiger partial charge on any atom is 0.305 e. The first-order chi connectivity index (χ1) is 29.0. The molecule has 0 radical (unpaired) electrons. The topological polar surface area (TPSA) is 53.1 Å². The molecule has 0 spiro atoms. The molecular weight excluding hydrogens is 754 g/mol. The predicted octanol–water partition coefficient (Wildman–Crippen LogP) is 13.6. The van der Waals surface area contributed by atoms with E-state index in [2.05, 4.69) is 51.3 Å². The molecule has 6 nitrogen and oxygen atoms in total. The van der Waals surface area contributed by atoms with E-state index >= 15 is 0 Å². The number of amides is 1. The molecule has 328 valence electrons. The lowest BCUT2D eigenvalue weighted by atomic mass is 9.92. The third kappa shape index (κ3) is 16.1. The number of thiophene rings is 1. The molecule has 3 heterocycles. The Balaban J connectivity index is 1.10. The number of esters is 1. The van der Waals surface area contributed by atoms with Crippen LogP contribution < -0.4 is 9.80 Å². The van der Waals surface area contributed by atoms with Crippen molar-refractivity contribution >= 4 is 44.7 Å². The number of benzene rings is 2. The monoisotopic (exact) mass is 832 g/mol. The van der Waals surface area contributed by atoms with E-state index in [1.54, 1.807) is 23.5 Å². The SMILES string of the molecule is CCCCCCCCCCCCCCCCC(CCCCCCCCCC(=O)OC)N1C(=O)CCc2ccc(CCN3CCN(c4cc(F)cc5sccc45)CC3)cc21. The van der Waals surface area contributed by atoms with Gasteiger partial charge in [0.15, 0.2) is 0 Å². The zero-order chi connectivity index (χ0) is 41.5. The van der Waals surface area contributed by atoms with Crippen molar-refractivity contribution in [3.8, 4) is 0 Å². The highest BCUT2D eigenvalue weighted by Crippen LogP contribution is 2.35. The minimum atomic E-state index is -0.153. The second kappa shape index (κ2) is 27.1. The van der Waals surface area contributed by atoms with Crippen molar-refractivity contribution in [3.05, 3.63) is 58.7 Å². The van der Waals surface area contributed by atoms with Crippen molar-refractivity contribution in [1.82, 2.24) is 4.90 Å². The number of piperazine rings is 1. The zero-order valence-corrected chi connectivity index (χ0v) is 37.9. The quantitative estimate of drug-likeness (QED) is 0.0495. The molecule has 2 aliphatic rings. The van der Waals surface area contributed by atoms with Crippen molar-refractivity contribution in [2.45, 2.75) is 186 Å². The number of hydrogen-bond acceptors (Lipinski definition) is 6. The van der Waals surface area contributed by atoms with Crippen molar-refractivity contribution in [3.63, 3.8) is 0 Å². The molecule has 1 saturated heterocycles. The van der Waals surface area contributed by atoms with Crippen LogP contribution in [0.15, 0.2) is 41.8 Å². The van der Waals surface area contributed by atoms with Crippen molar-refractivity contribution in [2.75, 3.05) is 49.6 Å². The van der Waals surface area contributed by atoms with E-state index in [9.17, 15) is 14.0 Å². The van der Waals surface area contributed by atoms with E-state index in [1.807, 2.05) is 0 Å². The maximum atomic E-state index is 14.4. The van der Waals surface area contributed by atoms with E-state index in [0.29, 0.717) is 18.7 Å². The highest BCUT2D eigenvalue weighted by Gasteiger charge is 2.30. The van der Waals surface area contributed by atoms with E-state index in [1.165, 1.54) is 139 Å². The second-order valence-corrected chi connectivity index (χ2v) is 18.6. The number of hydrogen-bond donors (Lipinski definition) is 0. The molecule has 2 aromatic carbocycles. The number of methoxy groups -OCH3 is 1. The summed E-state index contributed by atoms with van der Waals surface area (Å²) < 4.78 is 20.2. The average molecular weight is 832 g/mol. The van der Waals surface area contributed by atoms with Gasteiger partial charge in [0.2, 0.25) is 5.91 Å². The summed E-state index contributed by atoms with van der Waals surface area (Å²) in [5.74, 6) is 0.0522. The maximum absolute atomic E-state index is 14.4. The molecular formula is C51H78FN3O3S. The normalized spacial score (nSPS) is 15.3. The first kappa shape index (κ1) is 47.1. The Morgan fingerprint density at radius 2 is 1.31 bits per heavy atom. The molecule has 5 rings (SSSR count). The molecule has 1 fully saturated rings. The summed E-state index contributed by atoms with van der Waals surface area (Å²) in [5, 5.41) is 3.21. The van der Waals surface area contributed by atoms with Gasteiger partial charge in [-0.1, -0.05) is 147 Å². The number of halogens is 1. The van der Waals surface area contributed by atoms with Gasteiger partial charge in [0.1, 0.15) is 5.82 Å². The Morgan fingerprint density at radius 1 is 0.712 bits per heavy atom. The van der Waals surface area contributed by atoms with Crippen LogP contribution >= 0.6 is 11.3 Å². The van der Waals surface area contributed by atoms with Crippen LogP contribution in [-0.2, 0) is 27.2 Å². The Labute approximate surface area is 361 Å². The Kier molecular flexibility index (Phi) is 21.6. The van der Waals surface area contributed by atoms with E-state index in [0.717, 1.165) is 93.4 Å². The number of carbonyl (C=O) groups excluding carboxylic acids is 2. The molecule has 1 unspecified atom stereocenters. The molecule has 2 aliphatic heterocycles. The van der Waals surface area contributed by atoms with Crippen LogP contribution in [0.3, 0.4) is 0 Å². The van der Waals surface area contributed by atoms with Crippen molar-refractivity contribution in [2.24, 2.45) is 0 Å². The Bertz CT molecular complexity index is 1650. The van der Waals surface area contributed by atoms with Gasteiger partial charge in [-0.15, -0.1) is 11.3 Å². The van der Waals surface area contributed by atoms with Crippen LogP contribution in [-0.4, -0.2) is 62.7 Å². The van der Waals surface area contributed by atoms with Crippen molar-refractivity contribution < 1.29 is 18.7 Å². The second-order valence-electron chi connectivity index (χ2n) is 17.7. The molecule has 3 aromatic rings. The number of fused-ring (bicyclic) bond motifs is 2. The smallest absolute Gasteiger partial charge is 0.305 e. The minimum absolute atomic E-state index is 0.104. The molecule has 1 amide bonds. The third-order valence-electron chi connectivity index (χ3n) is 13.1. The van der Waals surface area contributed by atoms with Crippen LogP contribution in [0.2, 0.25) is 0 Å². The van der Waals surface area contributed by atoms with E-state index in [-0.39, 0.29) is 17.8 Å².